The van der Waals surface area contributed by atoms with Crippen LogP contribution in [0.3, 0.4) is 0 Å². The van der Waals surface area contributed by atoms with Crippen molar-refractivity contribution in [2.24, 2.45) is 5.92 Å². The second kappa shape index (κ2) is 7.90. The second-order valence-corrected chi connectivity index (χ2v) is 7.66. The van der Waals surface area contributed by atoms with Crippen molar-refractivity contribution < 1.29 is 4.79 Å². The Kier molecular flexibility index (Phi) is 5.63. The fourth-order valence-electron chi connectivity index (χ4n) is 3.26. The number of carbonyl (C=O) groups is 1. The minimum atomic E-state index is 0.0479. The number of amides is 1. The summed E-state index contributed by atoms with van der Waals surface area (Å²) in [5.74, 6) is 0.631. The van der Waals surface area contributed by atoms with Gasteiger partial charge in [-0.05, 0) is 37.9 Å². The third-order valence-corrected chi connectivity index (χ3v) is 5.52. The molecule has 128 valence electrons. The molecule has 1 fully saturated rings. The van der Waals surface area contributed by atoms with Gasteiger partial charge in [0.15, 0.2) is 0 Å². The van der Waals surface area contributed by atoms with Crippen molar-refractivity contribution in [3.05, 3.63) is 52.0 Å². The van der Waals surface area contributed by atoms with Crippen LogP contribution in [0, 0.1) is 5.92 Å². The zero-order valence-electron chi connectivity index (χ0n) is 14.4. The smallest absolute Gasteiger partial charge is 0.273 e. The van der Waals surface area contributed by atoms with Gasteiger partial charge in [0, 0.05) is 31.9 Å². The molecule has 1 aliphatic heterocycles. The third kappa shape index (κ3) is 4.42. The summed E-state index contributed by atoms with van der Waals surface area (Å²) >= 11 is 1.59. The van der Waals surface area contributed by atoms with Crippen LogP contribution in [0.25, 0.3) is 0 Å². The predicted octanol–water partition coefficient (Wildman–Crippen LogP) is 2.95. The topological polar surface area (TPSA) is 36.4 Å². The Hall–Kier alpha value is -1.72. The first kappa shape index (κ1) is 17.1. The van der Waals surface area contributed by atoms with E-state index in [9.17, 15) is 4.79 Å². The number of aryl methyl sites for hydroxylation is 2. The molecule has 0 saturated carbocycles. The van der Waals surface area contributed by atoms with Crippen LogP contribution in [-0.4, -0.2) is 54.4 Å². The maximum atomic E-state index is 12.6. The van der Waals surface area contributed by atoms with Gasteiger partial charge >= 0.3 is 0 Å². The Balaban J connectivity index is 1.53. The summed E-state index contributed by atoms with van der Waals surface area (Å²) in [6.45, 7) is 3.03. The lowest BCUT2D eigenvalue weighted by Gasteiger charge is -2.20. The number of nitrogens with zero attached hydrogens (tertiary/aromatic N) is 3. The molecule has 2 aromatic rings. The molecular weight excluding hydrogens is 318 g/mol. The SMILES string of the molecule is CN1CCC(CN(C)C(=O)c2csc(CCc3ccccc3)n2)C1. The zero-order valence-corrected chi connectivity index (χ0v) is 15.3. The number of hydrogen-bond donors (Lipinski definition) is 0. The average molecular weight is 343 g/mol. The van der Waals surface area contributed by atoms with Gasteiger partial charge in [0.1, 0.15) is 5.69 Å². The third-order valence-electron chi connectivity index (χ3n) is 4.61. The van der Waals surface area contributed by atoms with E-state index in [2.05, 4.69) is 41.2 Å². The number of hydrogen-bond acceptors (Lipinski definition) is 4. The first-order valence-corrected chi connectivity index (χ1v) is 9.42. The molecule has 0 bridgehead atoms. The maximum absolute atomic E-state index is 12.6. The normalized spacial score (nSPS) is 18.0. The molecule has 4 nitrogen and oxygen atoms in total. The predicted molar refractivity (Wildman–Crippen MR) is 98.5 cm³/mol. The Morgan fingerprint density at radius 1 is 1.33 bits per heavy atom. The van der Waals surface area contributed by atoms with E-state index in [1.807, 2.05) is 23.4 Å². The zero-order chi connectivity index (χ0) is 16.9. The van der Waals surface area contributed by atoms with E-state index in [1.165, 1.54) is 12.0 Å². The van der Waals surface area contributed by atoms with Crippen molar-refractivity contribution in [2.45, 2.75) is 19.3 Å². The first-order chi connectivity index (χ1) is 11.6. The van der Waals surface area contributed by atoms with Gasteiger partial charge in [0.05, 0.1) is 5.01 Å². The largest absolute Gasteiger partial charge is 0.340 e. The molecule has 1 atom stereocenters. The standard InChI is InChI=1S/C19H25N3OS/c1-21-11-10-16(12-21)13-22(2)19(23)17-14-24-18(20-17)9-8-15-6-4-3-5-7-15/h3-7,14,16H,8-13H2,1-2H3. The minimum absolute atomic E-state index is 0.0479. The number of thiazole rings is 1. The van der Waals surface area contributed by atoms with E-state index in [0.29, 0.717) is 11.6 Å². The molecule has 1 unspecified atom stereocenters. The molecule has 5 heteroatoms. The first-order valence-electron chi connectivity index (χ1n) is 8.54. The second-order valence-electron chi connectivity index (χ2n) is 6.71. The van der Waals surface area contributed by atoms with Crippen molar-refractivity contribution in [3.8, 4) is 0 Å². The number of carbonyl (C=O) groups excluding carboxylic acids is 1. The van der Waals surface area contributed by atoms with E-state index in [4.69, 9.17) is 0 Å². The molecule has 0 aliphatic carbocycles. The lowest BCUT2D eigenvalue weighted by atomic mass is 10.1. The van der Waals surface area contributed by atoms with Gasteiger partial charge in [0.2, 0.25) is 0 Å². The quantitative estimate of drug-likeness (QED) is 0.809. The highest BCUT2D eigenvalue weighted by molar-refractivity contribution is 7.09. The van der Waals surface area contributed by atoms with E-state index in [1.54, 1.807) is 11.3 Å². The molecule has 1 aliphatic rings. The molecule has 1 aromatic heterocycles. The monoisotopic (exact) mass is 343 g/mol. The van der Waals surface area contributed by atoms with E-state index in [0.717, 1.165) is 37.5 Å². The highest BCUT2D eigenvalue weighted by Gasteiger charge is 2.24. The summed E-state index contributed by atoms with van der Waals surface area (Å²) in [4.78, 5) is 21.3. The molecule has 0 N–H and O–H groups in total. The van der Waals surface area contributed by atoms with Crippen LogP contribution < -0.4 is 0 Å². The number of aromatic nitrogens is 1. The lowest BCUT2D eigenvalue weighted by molar-refractivity contribution is 0.0769. The van der Waals surface area contributed by atoms with Crippen molar-refractivity contribution in [2.75, 3.05) is 33.7 Å². The number of benzene rings is 1. The lowest BCUT2D eigenvalue weighted by Crippen LogP contribution is -2.33. The van der Waals surface area contributed by atoms with Crippen LogP contribution in [-0.2, 0) is 12.8 Å². The summed E-state index contributed by atoms with van der Waals surface area (Å²) in [5.41, 5.74) is 1.90. The molecule has 0 radical (unpaired) electrons. The fourth-order valence-corrected chi connectivity index (χ4v) is 4.03. The van der Waals surface area contributed by atoms with E-state index >= 15 is 0 Å². The van der Waals surface area contributed by atoms with Crippen molar-refractivity contribution in [3.63, 3.8) is 0 Å². The van der Waals surface area contributed by atoms with Crippen molar-refractivity contribution >= 4 is 17.2 Å². The highest BCUT2D eigenvalue weighted by atomic mass is 32.1. The summed E-state index contributed by atoms with van der Waals surface area (Å²) < 4.78 is 0. The van der Waals surface area contributed by atoms with Crippen molar-refractivity contribution in [1.82, 2.24) is 14.8 Å². The molecule has 3 rings (SSSR count). The molecule has 1 aromatic carbocycles. The Labute approximate surface area is 148 Å². The summed E-state index contributed by atoms with van der Waals surface area (Å²) in [5, 5.41) is 2.94. The molecule has 24 heavy (non-hydrogen) atoms. The summed E-state index contributed by atoms with van der Waals surface area (Å²) in [7, 11) is 4.03. The van der Waals surface area contributed by atoms with Crippen LogP contribution in [0.2, 0.25) is 0 Å². The van der Waals surface area contributed by atoms with Gasteiger partial charge in [0.25, 0.3) is 5.91 Å². The Morgan fingerprint density at radius 3 is 2.83 bits per heavy atom. The van der Waals surface area contributed by atoms with Gasteiger partial charge in [-0.25, -0.2) is 4.98 Å². The molecular formula is C19H25N3OS. The van der Waals surface area contributed by atoms with Crippen LogP contribution >= 0.6 is 11.3 Å². The maximum Gasteiger partial charge on any atom is 0.273 e. The van der Waals surface area contributed by atoms with Gasteiger partial charge in [-0.3, -0.25) is 4.79 Å². The van der Waals surface area contributed by atoms with Gasteiger partial charge < -0.3 is 9.80 Å². The number of rotatable bonds is 6. The van der Waals surface area contributed by atoms with Crippen molar-refractivity contribution in [1.29, 1.82) is 0 Å². The van der Waals surface area contributed by atoms with Crippen LogP contribution in [0.15, 0.2) is 35.7 Å². The van der Waals surface area contributed by atoms with E-state index < -0.39 is 0 Å². The fraction of sp³-hybridized carbons (Fsp3) is 0.474. The van der Waals surface area contributed by atoms with Gasteiger partial charge in [-0.2, -0.15) is 0 Å². The van der Waals surface area contributed by atoms with Crippen LogP contribution in [0.1, 0.15) is 27.5 Å². The van der Waals surface area contributed by atoms with Crippen LogP contribution in [0.5, 0.6) is 0 Å². The Bertz CT molecular complexity index is 670. The molecule has 2 heterocycles. The minimum Gasteiger partial charge on any atom is -0.340 e. The van der Waals surface area contributed by atoms with Gasteiger partial charge in [-0.1, -0.05) is 30.3 Å². The molecule has 0 spiro atoms. The Morgan fingerprint density at radius 2 is 2.12 bits per heavy atom. The van der Waals surface area contributed by atoms with Crippen LogP contribution in [0.4, 0.5) is 0 Å². The van der Waals surface area contributed by atoms with E-state index in [-0.39, 0.29) is 5.91 Å². The molecule has 1 amide bonds. The summed E-state index contributed by atoms with van der Waals surface area (Å²) in [6, 6.07) is 10.4. The number of likely N-dealkylation sites (tertiary alicyclic amines) is 1. The highest BCUT2D eigenvalue weighted by Crippen LogP contribution is 2.18. The summed E-state index contributed by atoms with van der Waals surface area (Å²) in [6.07, 6.45) is 3.03. The molecule has 1 saturated heterocycles. The van der Waals surface area contributed by atoms with Gasteiger partial charge in [-0.15, -0.1) is 11.3 Å². The average Bonchev–Trinajstić information content (AvgIpc) is 3.22.